The second kappa shape index (κ2) is 7.92. The normalized spacial score (nSPS) is 39.6. The Kier molecular flexibility index (Phi) is 5.41. The van der Waals surface area contributed by atoms with Crippen LogP contribution in [0.4, 0.5) is 14.5 Å². The minimum absolute atomic E-state index is 0.0177. The summed E-state index contributed by atoms with van der Waals surface area (Å²) in [6, 6.07) is 3.39. The Morgan fingerprint density at radius 1 is 1.06 bits per heavy atom. The summed E-state index contributed by atoms with van der Waals surface area (Å²) in [6.45, 7) is 4.70. The van der Waals surface area contributed by atoms with E-state index in [4.69, 9.17) is 0 Å². The highest BCUT2D eigenvalue weighted by Gasteiger charge is 2.60. The average Bonchev–Trinajstić information content (AvgIpc) is 3.06. The molecule has 4 nitrogen and oxygen atoms in total. The van der Waals surface area contributed by atoms with Crippen LogP contribution >= 0.6 is 0 Å². The van der Waals surface area contributed by atoms with Gasteiger partial charge >= 0.3 is 0 Å². The number of fused-ring (bicyclic) bond motifs is 5. The second-order valence-electron chi connectivity index (χ2n) is 11.3. The molecule has 0 bridgehead atoms. The lowest BCUT2D eigenvalue weighted by atomic mass is 9.47. The van der Waals surface area contributed by atoms with Gasteiger partial charge in [-0.2, -0.15) is 0 Å². The molecule has 3 saturated carbocycles. The third kappa shape index (κ3) is 3.60. The van der Waals surface area contributed by atoms with Crippen LogP contribution in [0.1, 0.15) is 58.8 Å². The third-order valence-electron chi connectivity index (χ3n) is 9.90. The van der Waals surface area contributed by atoms with Crippen LogP contribution in [0.15, 0.2) is 30.4 Å². The first-order valence-electron chi connectivity index (χ1n) is 12.3. The first kappa shape index (κ1) is 22.5. The second-order valence-corrected chi connectivity index (χ2v) is 11.3. The molecule has 3 aliphatic carbocycles. The summed E-state index contributed by atoms with van der Waals surface area (Å²) in [5.74, 6) is 0.593. The Hall–Kier alpha value is -2.24. The van der Waals surface area contributed by atoms with Crippen LogP contribution in [-0.2, 0) is 9.59 Å². The van der Waals surface area contributed by atoms with Crippen molar-refractivity contribution in [2.24, 2.45) is 34.5 Å². The highest BCUT2D eigenvalue weighted by Crippen LogP contribution is 2.65. The van der Waals surface area contributed by atoms with Gasteiger partial charge in [0.15, 0.2) is 0 Å². The molecule has 2 amide bonds. The van der Waals surface area contributed by atoms with Crippen molar-refractivity contribution in [3.63, 3.8) is 0 Å². The van der Waals surface area contributed by atoms with Gasteiger partial charge in [-0.3, -0.25) is 9.59 Å². The van der Waals surface area contributed by atoms with E-state index in [-0.39, 0.29) is 40.3 Å². The van der Waals surface area contributed by atoms with Crippen LogP contribution in [0.25, 0.3) is 0 Å². The van der Waals surface area contributed by atoms with E-state index in [0.717, 1.165) is 56.7 Å². The predicted octanol–water partition coefficient (Wildman–Crippen LogP) is 5.55. The molecule has 7 atom stereocenters. The minimum Gasteiger partial charge on any atom is -0.338 e. The molecular formula is C27H34F2N2O2. The molecule has 6 heteroatoms. The van der Waals surface area contributed by atoms with Gasteiger partial charge in [0.1, 0.15) is 11.6 Å². The third-order valence-corrected chi connectivity index (χ3v) is 9.90. The van der Waals surface area contributed by atoms with E-state index in [0.29, 0.717) is 24.2 Å². The zero-order chi connectivity index (χ0) is 23.5. The van der Waals surface area contributed by atoms with Gasteiger partial charge in [0, 0.05) is 36.7 Å². The highest BCUT2D eigenvalue weighted by atomic mass is 19.1. The van der Waals surface area contributed by atoms with Gasteiger partial charge < -0.3 is 10.2 Å². The number of benzene rings is 1. The van der Waals surface area contributed by atoms with Gasteiger partial charge in [-0.05, 0) is 85.8 Å². The first-order valence-corrected chi connectivity index (χ1v) is 12.3. The van der Waals surface area contributed by atoms with E-state index >= 15 is 0 Å². The number of carbonyl (C=O) groups excluding carboxylic acids is 2. The van der Waals surface area contributed by atoms with Gasteiger partial charge in [-0.15, -0.1) is 0 Å². The molecule has 0 aromatic heterocycles. The Bertz CT molecular complexity index is 990. The fourth-order valence-corrected chi connectivity index (χ4v) is 8.24. The van der Waals surface area contributed by atoms with Crippen LogP contribution in [0, 0.1) is 46.1 Å². The zero-order valence-corrected chi connectivity index (χ0v) is 19.7. The fourth-order valence-electron chi connectivity index (χ4n) is 8.24. The molecule has 0 unspecified atom stereocenters. The number of likely N-dealkylation sites (N-methyl/N-ethyl adjacent to an activating group) is 1. The van der Waals surface area contributed by atoms with Gasteiger partial charge in [0.25, 0.3) is 0 Å². The van der Waals surface area contributed by atoms with E-state index in [1.165, 1.54) is 0 Å². The average molecular weight is 457 g/mol. The van der Waals surface area contributed by atoms with Crippen molar-refractivity contribution in [2.75, 3.05) is 12.4 Å². The molecule has 1 aromatic carbocycles. The zero-order valence-electron chi connectivity index (χ0n) is 19.7. The molecular weight excluding hydrogens is 422 g/mol. The Labute approximate surface area is 194 Å². The van der Waals surface area contributed by atoms with Crippen molar-refractivity contribution in [1.82, 2.24) is 4.90 Å². The smallest absolute Gasteiger partial charge is 0.246 e. The summed E-state index contributed by atoms with van der Waals surface area (Å²) in [4.78, 5) is 27.0. The van der Waals surface area contributed by atoms with E-state index in [2.05, 4.69) is 25.2 Å². The first-order chi connectivity index (χ1) is 15.6. The SMILES string of the molecule is CN1C(=O)C=C[C@]2(C)[C@H]3CC[C@]4(C)[C@@H](CC(=O)Nc5cc(F)cc(F)c5)CC[C@H]4[C@@H]3CC[C@@H]12. The molecule has 0 spiro atoms. The molecule has 1 N–H and O–H groups in total. The summed E-state index contributed by atoms with van der Waals surface area (Å²) < 4.78 is 27.0. The number of halogens is 2. The van der Waals surface area contributed by atoms with Gasteiger partial charge in [0.2, 0.25) is 11.8 Å². The summed E-state index contributed by atoms with van der Waals surface area (Å²) in [5, 5.41) is 2.71. The lowest BCUT2D eigenvalue weighted by Gasteiger charge is -2.60. The molecule has 1 aromatic rings. The lowest BCUT2D eigenvalue weighted by molar-refractivity contribution is -0.139. The summed E-state index contributed by atoms with van der Waals surface area (Å²) in [6.07, 6.45) is 10.9. The fraction of sp³-hybridized carbons (Fsp3) is 0.630. The van der Waals surface area contributed by atoms with Crippen LogP contribution in [0.2, 0.25) is 0 Å². The van der Waals surface area contributed by atoms with Crippen molar-refractivity contribution >= 4 is 17.5 Å². The maximum atomic E-state index is 13.5. The maximum Gasteiger partial charge on any atom is 0.246 e. The van der Waals surface area contributed by atoms with Crippen LogP contribution < -0.4 is 5.32 Å². The summed E-state index contributed by atoms with van der Waals surface area (Å²) >= 11 is 0. The highest BCUT2D eigenvalue weighted by molar-refractivity contribution is 5.91. The number of hydrogen-bond donors (Lipinski definition) is 1. The Balaban J connectivity index is 1.31. The number of nitrogens with zero attached hydrogens (tertiary/aromatic N) is 1. The van der Waals surface area contributed by atoms with E-state index in [1.807, 2.05) is 11.9 Å². The minimum atomic E-state index is -0.690. The molecule has 3 fully saturated rings. The van der Waals surface area contributed by atoms with Crippen molar-refractivity contribution in [2.45, 2.75) is 64.8 Å². The molecule has 178 valence electrons. The molecule has 33 heavy (non-hydrogen) atoms. The number of carbonyl (C=O) groups is 2. The summed E-state index contributed by atoms with van der Waals surface area (Å²) in [5.41, 5.74) is 0.300. The molecule has 0 radical (unpaired) electrons. The molecule has 1 aliphatic heterocycles. The molecule has 0 saturated heterocycles. The number of nitrogens with one attached hydrogen (secondary N) is 1. The quantitative estimate of drug-likeness (QED) is 0.648. The summed E-state index contributed by atoms with van der Waals surface area (Å²) in [7, 11) is 1.94. The van der Waals surface area contributed by atoms with Crippen molar-refractivity contribution in [3.05, 3.63) is 42.0 Å². The van der Waals surface area contributed by atoms with Crippen molar-refractivity contribution < 1.29 is 18.4 Å². The number of rotatable bonds is 3. The van der Waals surface area contributed by atoms with Gasteiger partial charge in [-0.1, -0.05) is 19.9 Å². The van der Waals surface area contributed by atoms with Gasteiger partial charge in [-0.25, -0.2) is 8.78 Å². The Morgan fingerprint density at radius 2 is 1.79 bits per heavy atom. The number of amides is 2. The van der Waals surface area contributed by atoms with E-state index < -0.39 is 11.6 Å². The van der Waals surface area contributed by atoms with Crippen LogP contribution in [0.5, 0.6) is 0 Å². The largest absolute Gasteiger partial charge is 0.338 e. The molecule has 1 heterocycles. The molecule has 5 rings (SSSR count). The number of hydrogen-bond acceptors (Lipinski definition) is 2. The maximum absolute atomic E-state index is 13.5. The number of anilines is 1. The van der Waals surface area contributed by atoms with E-state index in [1.54, 1.807) is 6.08 Å². The lowest BCUT2D eigenvalue weighted by Crippen LogP contribution is -2.59. The van der Waals surface area contributed by atoms with Crippen molar-refractivity contribution in [3.8, 4) is 0 Å². The van der Waals surface area contributed by atoms with Crippen LogP contribution in [0.3, 0.4) is 0 Å². The van der Waals surface area contributed by atoms with Gasteiger partial charge in [0.05, 0.1) is 0 Å². The van der Waals surface area contributed by atoms with Crippen molar-refractivity contribution in [1.29, 1.82) is 0 Å². The molecule has 4 aliphatic rings. The van der Waals surface area contributed by atoms with E-state index in [9.17, 15) is 18.4 Å². The monoisotopic (exact) mass is 456 g/mol. The standard InChI is InChI=1S/C27H34F2N2O2/c1-26-10-8-22-20(5-7-23-27(22,2)11-9-25(33)31(23)3)21(26)6-4-16(26)12-24(32)30-19-14-17(28)13-18(29)15-19/h9,11,13-16,20-23H,4-8,10,12H2,1-3H3,(H,30,32)/t16-,20+,21+,22+,23-,26-,27-/m1/s1. The Morgan fingerprint density at radius 3 is 2.52 bits per heavy atom. The van der Waals surface area contributed by atoms with Crippen LogP contribution in [-0.4, -0.2) is 29.8 Å². The topological polar surface area (TPSA) is 49.4 Å². The predicted molar refractivity (Wildman–Crippen MR) is 123 cm³/mol.